The molecule has 3 rings (SSSR count). The van der Waals surface area contributed by atoms with Crippen LogP contribution in [0.5, 0.6) is 0 Å². The molecule has 1 heterocycles. The van der Waals surface area contributed by atoms with Gasteiger partial charge in [-0.15, -0.1) is 0 Å². The Bertz CT molecular complexity index is 978. The molecule has 1 saturated heterocycles. The highest BCUT2D eigenvalue weighted by Crippen LogP contribution is 2.18. The van der Waals surface area contributed by atoms with E-state index < -0.39 is 15.9 Å². The fourth-order valence-electron chi connectivity index (χ4n) is 2.70. The molecule has 2 N–H and O–H groups in total. The van der Waals surface area contributed by atoms with E-state index in [0.29, 0.717) is 5.02 Å². The lowest BCUT2D eigenvalue weighted by Crippen LogP contribution is -2.49. The second-order valence-corrected chi connectivity index (χ2v) is 8.40. The summed E-state index contributed by atoms with van der Waals surface area (Å²) in [6.07, 6.45) is 0. The average molecular weight is 408 g/mol. The topological polar surface area (TPSA) is 95.6 Å². The van der Waals surface area contributed by atoms with Crippen LogP contribution in [-0.4, -0.2) is 44.2 Å². The van der Waals surface area contributed by atoms with Crippen molar-refractivity contribution >= 4 is 33.4 Å². The molecule has 1 aliphatic heterocycles. The minimum Gasteiger partial charge on any atom is -0.354 e. The summed E-state index contributed by atoms with van der Waals surface area (Å²) in [5, 5.41) is 5.89. The molecule has 0 bridgehead atoms. The number of halogens is 1. The number of benzene rings is 2. The highest BCUT2D eigenvalue weighted by atomic mass is 35.5. The Hall–Kier alpha value is -2.42. The van der Waals surface area contributed by atoms with Crippen molar-refractivity contribution in [3.05, 3.63) is 64.7 Å². The van der Waals surface area contributed by atoms with Gasteiger partial charge in [0.15, 0.2) is 0 Å². The minimum atomic E-state index is -3.85. The standard InChI is InChI=1S/C18H18ClN3O4S/c19-15-5-1-3-13(9-15)11-21-18(24)14-4-2-6-16(10-14)27(25,26)22-8-7-20-17(23)12-22/h1-6,9-10H,7-8,11-12H2,(H,20,23)(H,21,24). The lowest BCUT2D eigenvalue weighted by Gasteiger charge is -2.26. The van der Waals surface area contributed by atoms with Crippen molar-refractivity contribution in [1.29, 1.82) is 0 Å². The number of nitrogens with zero attached hydrogens (tertiary/aromatic N) is 1. The Labute approximate surface area is 162 Å². The van der Waals surface area contributed by atoms with E-state index in [-0.39, 0.29) is 42.5 Å². The molecule has 2 aromatic carbocycles. The Morgan fingerprint density at radius 3 is 2.70 bits per heavy atom. The van der Waals surface area contributed by atoms with Crippen molar-refractivity contribution in [3.8, 4) is 0 Å². The predicted octanol–water partition coefficient (Wildman–Crippen LogP) is 1.39. The van der Waals surface area contributed by atoms with Crippen molar-refractivity contribution < 1.29 is 18.0 Å². The van der Waals surface area contributed by atoms with E-state index in [2.05, 4.69) is 10.6 Å². The molecule has 0 unspecified atom stereocenters. The van der Waals surface area contributed by atoms with Crippen LogP contribution in [-0.2, 0) is 21.4 Å². The molecule has 1 fully saturated rings. The van der Waals surface area contributed by atoms with Gasteiger partial charge < -0.3 is 10.6 Å². The number of carbonyl (C=O) groups excluding carboxylic acids is 2. The number of nitrogens with one attached hydrogen (secondary N) is 2. The highest BCUT2D eigenvalue weighted by Gasteiger charge is 2.29. The van der Waals surface area contributed by atoms with Crippen LogP contribution < -0.4 is 10.6 Å². The molecule has 2 aromatic rings. The Kier molecular flexibility index (Phi) is 5.79. The summed E-state index contributed by atoms with van der Waals surface area (Å²) in [7, 11) is -3.85. The SMILES string of the molecule is O=C1CN(S(=O)(=O)c2cccc(C(=O)NCc3cccc(Cl)c3)c2)CCN1. The Balaban J connectivity index is 1.74. The summed E-state index contributed by atoms with van der Waals surface area (Å²) in [5.41, 5.74) is 1.05. The number of carbonyl (C=O) groups is 2. The van der Waals surface area contributed by atoms with Crippen LogP contribution in [0.3, 0.4) is 0 Å². The first-order valence-electron chi connectivity index (χ1n) is 8.26. The predicted molar refractivity (Wildman–Crippen MR) is 101 cm³/mol. The number of amides is 2. The van der Waals surface area contributed by atoms with Gasteiger partial charge in [-0.3, -0.25) is 9.59 Å². The number of piperazine rings is 1. The number of hydrogen-bond acceptors (Lipinski definition) is 4. The van der Waals surface area contributed by atoms with E-state index in [4.69, 9.17) is 11.6 Å². The van der Waals surface area contributed by atoms with Crippen LogP contribution in [0.25, 0.3) is 0 Å². The van der Waals surface area contributed by atoms with Gasteiger partial charge in [-0.1, -0.05) is 29.8 Å². The molecular weight excluding hydrogens is 390 g/mol. The molecule has 27 heavy (non-hydrogen) atoms. The van der Waals surface area contributed by atoms with E-state index in [9.17, 15) is 18.0 Å². The number of hydrogen-bond donors (Lipinski definition) is 2. The van der Waals surface area contributed by atoms with Crippen LogP contribution >= 0.6 is 11.6 Å². The fourth-order valence-corrected chi connectivity index (χ4v) is 4.35. The zero-order valence-corrected chi connectivity index (χ0v) is 15.9. The highest BCUT2D eigenvalue weighted by molar-refractivity contribution is 7.89. The molecule has 0 saturated carbocycles. The maximum atomic E-state index is 12.7. The smallest absolute Gasteiger partial charge is 0.251 e. The molecule has 0 spiro atoms. The molecule has 142 valence electrons. The Morgan fingerprint density at radius 1 is 1.19 bits per heavy atom. The zero-order chi connectivity index (χ0) is 19.4. The molecule has 9 heteroatoms. The van der Waals surface area contributed by atoms with Gasteiger partial charge in [0, 0.05) is 30.2 Å². The molecule has 2 amide bonds. The van der Waals surface area contributed by atoms with E-state index in [1.54, 1.807) is 18.2 Å². The van der Waals surface area contributed by atoms with Gasteiger partial charge in [0.05, 0.1) is 11.4 Å². The van der Waals surface area contributed by atoms with Crippen LogP contribution in [0.4, 0.5) is 0 Å². The second kappa shape index (κ2) is 8.08. The van der Waals surface area contributed by atoms with Crippen LogP contribution in [0.1, 0.15) is 15.9 Å². The summed E-state index contributed by atoms with van der Waals surface area (Å²) in [6, 6.07) is 12.9. The first-order chi connectivity index (χ1) is 12.9. The van der Waals surface area contributed by atoms with E-state index >= 15 is 0 Å². The van der Waals surface area contributed by atoms with Gasteiger partial charge >= 0.3 is 0 Å². The summed E-state index contributed by atoms with van der Waals surface area (Å²) in [6.45, 7) is 0.493. The van der Waals surface area contributed by atoms with Gasteiger partial charge in [0.2, 0.25) is 15.9 Å². The third-order valence-corrected chi connectivity index (χ3v) is 6.16. The van der Waals surface area contributed by atoms with Crippen molar-refractivity contribution in [3.63, 3.8) is 0 Å². The average Bonchev–Trinajstić information content (AvgIpc) is 2.66. The largest absolute Gasteiger partial charge is 0.354 e. The lowest BCUT2D eigenvalue weighted by molar-refractivity contribution is -0.122. The van der Waals surface area contributed by atoms with Crippen molar-refractivity contribution in [1.82, 2.24) is 14.9 Å². The van der Waals surface area contributed by atoms with Crippen LogP contribution in [0.2, 0.25) is 5.02 Å². The number of sulfonamides is 1. The molecule has 0 aliphatic carbocycles. The molecule has 1 aliphatic rings. The van der Waals surface area contributed by atoms with Gasteiger partial charge in [0.1, 0.15) is 0 Å². The summed E-state index contributed by atoms with van der Waals surface area (Å²) in [5.74, 6) is -0.747. The maximum absolute atomic E-state index is 12.7. The molecule has 0 radical (unpaired) electrons. The van der Waals surface area contributed by atoms with E-state index in [0.717, 1.165) is 9.87 Å². The van der Waals surface area contributed by atoms with Crippen molar-refractivity contribution in [2.75, 3.05) is 19.6 Å². The van der Waals surface area contributed by atoms with Gasteiger partial charge in [-0.25, -0.2) is 8.42 Å². The van der Waals surface area contributed by atoms with Crippen molar-refractivity contribution in [2.45, 2.75) is 11.4 Å². The summed E-state index contributed by atoms with van der Waals surface area (Å²) in [4.78, 5) is 23.9. The monoisotopic (exact) mass is 407 g/mol. The number of rotatable bonds is 5. The van der Waals surface area contributed by atoms with Gasteiger partial charge in [-0.2, -0.15) is 4.31 Å². The zero-order valence-electron chi connectivity index (χ0n) is 14.3. The third-order valence-electron chi connectivity index (χ3n) is 4.08. The normalized spacial score (nSPS) is 15.2. The van der Waals surface area contributed by atoms with Crippen molar-refractivity contribution in [2.24, 2.45) is 0 Å². The second-order valence-electron chi connectivity index (χ2n) is 6.03. The molecular formula is C18H18ClN3O4S. The third kappa shape index (κ3) is 4.65. The maximum Gasteiger partial charge on any atom is 0.251 e. The molecule has 0 atom stereocenters. The lowest BCUT2D eigenvalue weighted by atomic mass is 10.2. The summed E-state index contributed by atoms with van der Waals surface area (Å²) < 4.78 is 26.6. The Morgan fingerprint density at radius 2 is 1.96 bits per heavy atom. The first kappa shape index (κ1) is 19.3. The van der Waals surface area contributed by atoms with E-state index in [1.165, 1.54) is 24.3 Å². The molecule has 0 aromatic heterocycles. The quantitative estimate of drug-likeness (QED) is 0.782. The van der Waals surface area contributed by atoms with Crippen LogP contribution in [0, 0.1) is 0 Å². The fraction of sp³-hybridized carbons (Fsp3) is 0.222. The van der Waals surface area contributed by atoms with Gasteiger partial charge in [0.25, 0.3) is 5.91 Å². The minimum absolute atomic E-state index is 0.0207. The first-order valence-corrected chi connectivity index (χ1v) is 10.1. The summed E-state index contributed by atoms with van der Waals surface area (Å²) >= 11 is 5.92. The molecule has 7 nitrogen and oxygen atoms in total. The van der Waals surface area contributed by atoms with Gasteiger partial charge in [-0.05, 0) is 35.9 Å². The van der Waals surface area contributed by atoms with Crippen LogP contribution in [0.15, 0.2) is 53.4 Å². The van der Waals surface area contributed by atoms with E-state index in [1.807, 2.05) is 6.07 Å².